The summed E-state index contributed by atoms with van der Waals surface area (Å²) in [5.41, 5.74) is 4.29. The molecule has 2 atom stereocenters. The van der Waals surface area contributed by atoms with Crippen LogP contribution in [-0.2, 0) is 0 Å². The van der Waals surface area contributed by atoms with Crippen LogP contribution in [0.5, 0.6) is 0 Å². The molecule has 1 aliphatic rings. The number of thiocarbonyl (C=S) groups is 1. The van der Waals surface area contributed by atoms with E-state index in [-0.39, 0.29) is 24.5 Å². The monoisotopic (exact) mass is 410 g/mol. The van der Waals surface area contributed by atoms with Crippen molar-refractivity contribution in [1.29, 1.82) is 0 Å². The smallest absolute Gasteiger partial charge is 0.170 e. The molecule has 4 rings (SSSR count). The van der Waals surface area contributed by atoms with Gasteiger partial charge in [-0.15, -0.1) is 0 Å². The highest BCUT2D eigenvalue weighted by molar-refractivity contribution is 7.80. The van der Waals surface area contributed by atoms with Crippen molar-refractivity contribution in [2.45, 2.75) is 25.9 Å². The summed E-state index contributed by atoms with van der Waals surface area (Å²) in [6, 6.07) is 14.3. The highest BCUT2D eigenvalue weighted by Gasteiger charge is 2.41. The molecule has 2 aromatic heterocycles. The van der Waals surface area contributed by atoms with E-state index in [1.807, 2.05) is 47.6 Å². The lowest BCUT2D eigenvalue weighted by Crippen LogP contribution is -2.32. The number of aliphatic hydroxyl groups is 1. The highest BCUT2D eigenvalue weighted by Crippen LogP contribution is 2.41. The third-order valence-corrected chi connectivity index (χ3v) is 5.77. The molecule has 0 bridgehead atoms. The van der Waals surface area contributed by atoms with Gasteiger partial charge in [0.2, 0.25) is 0 Å². The standard InChI is InChI=1S/C22H23FN4OS/c1-14-13-16(15(2)27(14)19-9-4-3-7-17(19)23)21-20(18-8-5-6-10-24-18)25-22(29)26(21)11-12-28/h3-10,13,20-21,28H,11-12H2,1-2H3,(H,25,29)/t20-,21+/m0/s1. The zero-order chi connectivity index (χ0) is 20.5. The number of halogens is 1. The van der Waals surface area contributed by atoms with Crippen molar-refractivity contribution in [2.75, 3.05) is 13.2 Å². The van der Waals surface area contributed by atoms with E-state index in [4.69, 9.17) is 12.2 Å². The summed E-state index contributed by atoms with van der Waals surface area (Å²) in [4.78, 5) is 6.51. The van der Waals surface area contributed by atoms with Gasteiger partial charge in [-0.25, -0.2) is 4.39 Å². The number of aryl methyl sites for hydroxylation is 1. The second-order valence-corrected chi connectivity index (χ2v) is 7.54. The Balaban J connectivity index is 1.85. The van der Waals surface area contributed by atoms with Crippen LogP contribution in [0.3, 0.4) is 0 Å². The molecule has 3 aromatic rings. The maximum absolute atomic E-state index is 14.5. The molecule has 0 saturated carbocycles. The molecule has 1 fully saturated rings. The predicted octanol–water partition coefficient (Wildman–Crippen LogP) is 3.59. The summed E-state index contributed by atoms with van der Waals surface area (Å²) in [5.74, 6) is -0.269. The van der Waals surface area contributed by atoms with Crippen molar-refractivity contribution in [3.8, 4) is 5.69 Å². The fraction of sp³-hybridized carbons (Fsp3) is 0.273. The van der Waals surface area contributed by atoms with Crippen LogP contribution in [0.4, 0.5) is 4.39 Å². The number of β-amino-alcohol motifs (C(OH)–C–C–N with tert-alkyl or cyclic N) is 1. The van der Waals surface area contributed by atoms with Gasteiger partial charge in [-0.05, 0) is 62.0 Å². The molecule has 1 saturated heterocycles. The fourth-order valence-electron chi connectivity index (χ4n) is 4.18. The Labute approximate surface area is 174 Å². The zero-order valence-corrected chi connectivity index (χ0v) is 17.2. The Morgan fingerprint density at radius 2 is 1.93 bits per heavy atom. The molecular formula is C22H23FN4OS. The van der Waals surface area contributed by atoms with Crippen molar-refractivity contribution >= 4 is 17.3 Å². The first-order valence-electron chi connectivity index (χ1n) is 9.55. The van der Waals surface area contributed by atoms with E-state index < -0.39 is 0 Å². The number of aromatic nitrogens is 2. The van der Waals surface area contributed by atoms with Gasteiger partial charge in [0.1, 0.15) is 5.82 Å². The van der Waals surface area contributed by atoms with E-state index in [9.17, 15) is 9.50 Å². The Kier molecular flexibility index (Phi) is 5.34. The number of benzene rings is 1. The number of hydrogen-bond donors (Lipinski definition) is 2. The van der Waals surface area contributed by atoms with Gasteiger partial charge in [0.05, 0.1) is 30.1 Å². The molecule has 0 unspecified atom stereocenters. The molecule has 0 spiro atoms. The first kappa shape index (κ1) is 19.5. The largest absolute Gasteiger partial charge is 0.395 e. The topological polar surface area (TPSA) is 53.3 Å². The molecule has 3 heterocycles. The van der Waals surface area contributed by atoms with E-state index in [0.29, 0.717) is 17.3 Å². The van der Waals surface area contributed by atoms with Crippen LogP contribution in [0, 0.1) is 19.7 Å². The van der Waals surface area contributed by atoms with Crippen molar-refractivity contribution < 1.29 is 9.50 Å². The number of aliphatic hydroxyl groups excluding tert-OH is 1. The van der Waals surface area contributed by atoms with Crippen LogP contribution in [0.1, 0.15) is 34.7 Å². The van der Waals surface area contributed by atoms with Crippen molar-refractivity contribution in [3.63, 3.8) is 0 Å². The van der Waals surface area contributed by atoms with Crippen molar-refractivity contribution in [3.05, 3.63) is 83.2 Å². The Morgan fingerprint density at radius 1 is 1.17 bits per heavy atom. The Hall–Kier alpha value is -2.77. The molecule has 5 nitrogen and oxygen atoms in total. The minimum absolute atomic E-state index is 0.0146. The van der Waals surface area contributed by atoms with Crippen LogP contribution in [0.25, 0.3) is 5.69 Å². The van der Waals surface area contributed by atoms with Gasteiger partial charge in [0.15, 0.2) is 5.11 Å². The Morgan fingerprint density at radius 3 is 2.62 bits per heavy atom. The van der Waals surface area contributed by atoms with Gasteiger partial charge >= 0.3 is 0 Å². The van der Waals surface area contributed by atoms with Crippen LogP contribution in [-0.4, -0.2) is 37.8 Å². The summed E-state index contributed by atoms with van der Waals surface area (Å²) in [7, 11) is 0. The van der Waals surface area contributed by atoms with E-state index in [1.165, 1.54) is 6.07 Å². The second-order valence-electron chi connectivity index (χ2n) is 7.16. The lowest BCUT2D eigenvalue weighted by molar-refractivity contribution is 0.223. The molecular weight excluding hydrogens is 387 g/mol. The quantitative estimate of drug-likeness (QED) is 0.630. The molecule has 0 amide bonds. The molecule has 0 aliphatic carbocycles. The number of pyridine rings is 1. The van der Waals surface area contributed by atoms with Gasteiger partial charge in [0.25, 0.3) is 0 Å². The molecule has 1 aromatic carbocycles. The first-order chi connectivity index (χ1) is 14.0. The number of nitrogens with zero attached hydrogens (tertiary/aromatic N) is 3. The maximum atomic E-state index is 14.5. The SMILES string of the molecule is Cc1cc([C@@H]2[C@H](c3ccccn3)NC(=S)N2CCO)c(C)n1-c1ccccc1F. The van der Waals surface area contributed by atoms with Gasteiger partial charge < -0.3 is 19.9 Å². The van der Waals surface area contributed by atoms with Gasteiger partial charge in [0, 0.05) is 24.1 Å². The molecule has 150 valence electrons. The van der Waals surface area contributed by atoms with E-state index in [2.05, 4.69) is 16.4 Å². The lowest BCUT2D eigenvalue weighted by atomic mass is 9.97. The average Bonchev–Trinajstić information content (AvgIpc) is 3.19. The van der Waals surface area contributed by atoms with Crippen LogP contribution < -0.4 is 5.32 Å². The summed E-state index contributed by atoms with van der Waals surface area (Å²) in [6.45, 7) is 4.35. The summed E-state index contributed by atoms with van der Waals surface area (Å²) >= 11 is 5.57. The first-order valence-corrected chi connectivity index (χ1v) is 9.96. The van der Waals surface area contributed by atoms with Crippen molar-refractivity contribution in [2.24, 2.45) is 0 Å². The Bertz CT molecular complexity index is 1040. The zero-order valence-electron chi connectivity index (χ0n) is 16.3. The molecule has 29 heavy (non-hydrogen) atoms. The summed E-state index contributed by atoms with van der Waals surface area (Å²) in [6.07, 6.45) is 1.76. The maximum Gasteiger partial charge on any atom is 0.170 e. The minimum atomic E-state index is -0.269. The summed E-state index contributed by atoms with van der Waals surface area (Å²) < 4.78 is 16.4. The average molecular weight is 411 g/mol. The third kappa shape index (κ3) is 3.41. The van der Waals surface area contributed by atoms with E-state index in [1.54, 1.807) is 18.3 Å². The number of para-hydroxylation sites is 1. The normalized spacial score (nSPS) is 18.9. The summed E-state index contributed by atoms with van der Waals surface area (Å²) in [5, 5.41) is 13.6. The fourth-order valence-corrected chi connectivity index (χ4v) is 4.52. The number of nitrogens with one attached hydrogen (secondary N) is 1. The van der Waals surface area contributed by atoms with Gasteiger partial charge in [-0.1, -0.05) is 18.2 Å². The second kappa shape index (κ2) is 7.93. The number of hydrogen-bond acceptors (Lipinski definition) is 3. The van der Waals surface area contributed by atoms with E-state index >= 15 is 0 Å². The molecule has 7 heteroatoms. The van der Waals surface area contributed by atoms with Crippen LogP contribution in [0.15, 0.2) is 54.7 Å². The highest BCUT2D eigenvalue weighted by atomic mass is 32.1. The molecule has 1 aliphatic heterocycles. The minimum Gasteiger partial charge on any atom is -0.395 e. The molecule has 0 radical (unpaired) electrons. The van der Waals surface area contributed by atoms with Gasteiger partial charge in [-0.3, -0.25) is 4.98 Å². The predicted molar refractivity (Wildman–Crippen MR) is 114 cm³/mol. The third-order valence-electron chi connectivity index (χ3n) is 5.42. The number of rotatable bonds is 5. The van der Waals surface area contributed by atoms with E-state index in [0.717, 1.165) is 22.6 Å². The molecule has 2 N–H and O–H groups in total. The van der Waals surface area contributed by atoms with Crippen LogP contribution in [0.2, 0.25) is 0 Å². The van der Waals surface area contributed by atoms with Crippen LogP contribution >= 0.6 is 12.2 Å². The lowest BCUT2D eigenvalue weighted by Gasteiger charge is -2.27. The van der Waals surface area contributed by atoms with Gasteiger partial charge in [-0.2, -0.15) is 0 Å². The van der Waals surface area contributed by atoms with Crippen molar-refractivity contribution in [1.82, 2.24) is 19.8 Å².